The van der Waals surface area contributed by atoms with Crippen LogP contribution in [-0.4, -0.2) is 31.1 Å². The fourth-order valence-corrected chi connectivity index (χ4v) is 2.59. The van der Waals surface area contributed by atoms with Crippen LogP contribution in [0.25, 0.3) is 0 Å². The van der Waals surface area contributed by atoms with Crippen LogP contribution in [0.15, 0.2) is 53.0 Å². The van der Waals surface area contributed by atoms with Crippen molar-refractivity contribution in [1.29, 1.82) is 0 Å². The predicted octanol–water partition coefficient (Wildman–Crippen LogP) is 3.82. The van der Waals surface area contributed by atoms with E-state index in [1.165, 1.54) is 5.56 Å². The molecular weight excluding hydrogens is 410 g/mol. The summed E-state index contributed by atoms with van der Waals surface area (Å²) in [5, 5.41) is 2.75. The van der Waals surface area contributed by atoms with Crippen LogP contribution in [0.2, 0.25) is 0 Å². The third kappa shape index (κ3) is 7.83. The van der Waals surface area contributed by atoms with Gasteiger partial charge in [-0.05, 0) is 50.1 Å². The van der Waals surface area contributed by atoms with E-state index in [-0.39, 0.29) is 19.1 Å². The van der Waals surface area contributed by atoms with Gasteiger partial charge in [0.1, 0.15) is 12.4 Å². The lowest BCUT2D eigenvalue weighted by atomic mass is 10.1. The molecule has 5 nitrogen and oxygen atoms in total. The third-order valence-corrected chi connectivity index (χ3v) is 4.42. The second-order valence-electron chi connectivity index (χ2n) is 6.22. The normalized spacial score (nSPS) is 11.5. The van der Waals surface area contributed by atoms with Crippen LogP contribution in [-0.2, 0) is 20.7 Å². The number of rotatable bonds is 9. The summed E-state index contributed by atoms with van der Waals surface area (Å²) >= 11 is 3.34. The molecule has 0 saturated carbocycles. The predicted molar refractivity (Wildman–Crippen MR) is 108 cm³/mol. The van der Waals surface area contributed by atoms with Crippen molar-refractivity contribution in [3.63, 3.8) is 0 Å². The minimum Gasteiger partial charge on any atom is -0.479 e. The number of hydrogen-bond donors (Lipinski definition) is 1. The van der Waals surface area contributed by atoms with Crippen LogP contribution >= 0.6 is 15.9 Å². The molecule has 27 heavy (non-hydrogen) atoms. The van der Waals surface area contributed by atoms with Crippen molar-refractivity contribution in [1.82, 2.24) is 5.32 Å². The molecule has 144 valence electrons. The van der Waals surface area contributed by atoms with E-state index >= 15 is 0 Å². The van der Waals surface area contributed by atoms with E-state index in [0.717, 1.165) is 10.0 Å². The van der Waals surface area contributed by atoms with Gasteiger partial charge in [0.25, 0.3) is 0 Å². The molecular formula is C21H24BrNO4. The van der Waals surface area contributed by atoms with Gasteiger partial charge in [0.2, 0.25) is 5.91 Å². The molecule has 0 heterocycles. The highest BCUT2D eigenvalue weighted by molar-refractivity contribution is 9.10. The van der Waals surface area contributed by atoms with Crippen LogP contribution in [0.4, 0.5) is 0 Å². The van der Waals surface area contributed by atoms with E-state index in [2.05, 4.69) is 21.2 Å². The third-order valence-electron chi connectivity index (χ3n) is 3.89. The Bertz CT molecular complexity index is 744. The average Bonchev–Trinajstić information content (AvgIpc) is 2.66. The minimum atomic E-state index is -0.719. The maximum absolute atomic E-state index is 11.9. The number of esters is 1. The SMILES string of the molecule is Cc1ccc(CCC(=O)NCCOC(=O)C(C)Oc2ccc(Br)cc2)cc1. The van der Waals surface area contributed by atoms with Crippen molar-refractivity contribution >= 4 is 27.8 Å². The highest BCUT2D eigenvalue weighted by Crippen LogP contribution is 2.17. The summed E-state index contributed by atoms with van der Waals surface area (Å²) in [7, 11) is 0. The van der Waals surface area contributed by atoms with Crippen molar-refractivity contribution in [2.75, 3.05) is 13.2 Å². The molecule has 0 aromatic heterocycles. The first kappa shape index (κ1) is 21.0. The number of amides is 1. The summed E-state index contributed by atoms with van der Waals surface area (Å²) in [6.07, 6.45) is 0.368. The number of carbonyl (C=O) groups excluding carboxylic acids is 2. The van der Waals surface area contributed by atoms with Gasteiger partial charge < -0.3 is 14.8 Å². The summed E-state index contributed by atoms with van der Waals surface area (Å²) in [4.78, 5) is 23.8. The second-order valence-corrected chi connectivity index (χ2v) is 7.13. The topological polar surface area (TPSA) is 64.6 Å². The number of hydrogen-bond acceptors (Lipinski definition) is 4. The number of halogens is 1. The van der Waals surface area contributed by atoms with Gasteiger partial charge in [-0.15, -0.1) is 0 Å². The van der Waals surface area contributed by atoms with Gasteiger partial charge in [-0.1, -0.05) is 45.8 Å². The molecule has 0 aliphatic rings. The largest absolute Gasteiger partial charge is 0.479 e. The first-order valence-electron chi connectivity index (χ1n) is 8.85. The van der Waals surface area contributed by atoms with Gasteiger partial charge >= 0.3 is 5.97 Å². The maximum atomic E-state index is 11.9. The van der Waals surface area contributed by atoms with Gasteiger partial charge in [-0.2, -0.15) is 0 Å². The van der Waals surface area contributed by atoms with Gasteiger partial charge in [0.15, 0.2) is 6.10 Å². The monoisotopic (exact) mass is 433 g/mol. The summed E-state index contributed by atoms with van der Waals surface area (Å²) in [5.74, 6) is 0.0599. The average molecular weight is 434 g/mol. The zero-order valence-corrected chi connectivity index (χ0v) is 17.1. The Balaban J connectivity index is 1.60. The van der Waals surface area contributed by atoms with E-state index in [4.69, 9.17) is 9.47 Å². The molecule has 2 rings (SSSR count). The summed E-state index contributed by atoms with van der Waals surface area (Å²) in [6.45, 7) is 4.06. The molecule has 0 aliphatic carbocycles. The molecule has 0 radical (unpaired) electrons. The zero-order chi connectivity index (χ0) is 19.6. The van der Waals surface area contributed by atoms with Crippen molar-refractivity contribution in [2.45, 2.75) is 32.8 Å². The number of aryl methyl sites for hydroxylation is 2. The van der Waals surface area contributed by atoms with E-state index in [9.17, 15) is 9.59 Å². The van der Waals surface area contributed by atoms with E-state index in [1.807, 2.05) is 43.3 Å². The molecule has 0 saturated heterocycles. The Morgan fingerprint density at radius 3 is 2.41 bits per heavy atom. The Morgan fingerprint density at radius 1 is 1.07 bits per heavy atom. The maximum Gasteiger partial charge on any atom is 0.347 e. The summed E-state index contributed by atoms with van der Waals surface area (Å²) in [5.41, 5.74) is 2.32. The van der Waals surface area contributed by atoms with Crippen LogP contribution in [0.1, 0.15) is 24.5 Å². The van der Waals surface area contributed by atoms with Gasteiger partial charge in [-0.3, -0.25) is 4.79 Å². The molecule has 0 bridgehead atoms. The van der Waals surface area contributed by atoms with Crippen molar-refractivity contribution in [2.24, 2.45) is 0 Å². The quantitative estimate of drug-likeness (QED) is 0.482. The Kier molecular flexibility index (Phi) is 8.33. The van der Waals surface area contributed by atoms with E-state index < -0.39 is 12.1 Å². The van der Waals surface area contributed by atoms with Gasteiger partial charge in [-0.25, -0.2) is 4.79 Å². The highest BCUT2D eigenvalue weighted by atomic mass is 79.9. The van der Waals surface area contributed by atoms with Crippen LogP contribution < -0.4 is 10.1 Å². The molecule has 2 aromatic carbocycles. The minimum absolute atomic E-state index is 0.0641. The molecule has 1 atom stereocenters. The van der Waals surface area contributed by atoms with E-state index in [0.29, 0.717) is 18.6 Å². The molecule has 0 fully saturated rings. The number of ether oxygens (including phenoxy) is 2. The lowest BCUT2D eigenvalue weighted by Crippen LogP contribution is -2.31. The summed E-state index contributed by atoms with van der Waals surface area (Å²) < 4.78 is 11.6. The van der Waals surface area contributed by atoms with Crippen LogP contribution in [0.3, 0.4) is 0 Å². The molecule has 0 aliphatic heterocycles. The van der Waals surface area contributed by atoms with Crippen LogP contribution in [0.5, 0.6) is 5.75 Å². The molecule has 1 amide bonds. The lowest BCUT2D eigenvalue weighted by molar-refractivity contribution is -0.151. The van der Waals surface area contributed by atoms with Gasteiger partial charge in [0, 0.05) is 10.9 Å². The second kappa shape index (κ2) is 10.7. The zero-order valence-electron chi connectivity index (χ0n) is 15.5. The molecule has 6 heteroatoms. The fourth-order valence-electron chi connectivity index (χ4n) is 2.33. The van der Waals surface area contributed by atoms with E-state index in [1.54, 1.807) is 19.1 Å². The first-order chi connectivity index (χ1) is 12.9. The Morgan fingerprint density at radius 2 is 1.74 bits per heavy atom. The fraction of sp³-hybridized carbons (Fsp3) is 0.333. The molecule has 1 N–H and O–H groups in total. The van der Waals surface area contributed by atoms with Crippen LogP contribution in [0, 0.1) is 6.92 Å². The summed E-state index contributed by atoms with van der Waals surface area (Å²) in [6, 6.07) is 15.3. The lowest BCUT2D eigenvalue weighted by Gasteiger charge is -2.14. The molecule has 1 unspecified atom stereocenters. The Hall–Kier alpha value is -2.34. The van der Waals surface area contributed by atoms with Crippen molar-refractivity contribution in [3.8, 4) is 5.75 Å². The number of benzene rings is 2. The standard InChI is InChI=1S/C21H24BrNO4/c1-15-3-5-17(6-4-15)7-12-20(24)23-13-14-26-21(25)16(2)27-19-10-8-18(22)9-11-19/h3-6,8-11,16H,7,12-14H2,1-2H3,(H,23,24). The first-order valence-corrected chi connectivity index (χ1v) is 9.64. The Labute approximate surface area is 168 Å². The smallest absolute Gasteiger partial charge is 0.347 e. The molecule has 0 spiro atoms. The van der Waals surface area contributed by atoms with Gasteiger partial charge in [0.05, 0.1) is 6.54 Å². The van der Waals surface area contributed by atoms with Crippen molar-refractivity contribution < 1.29 is 19.1 Å². The number of carbonyl (C=O) groups is 2. The number of nitrogens with one attached hydrogen (secondary N) is 1. The van der Waals surface area contributed by atoms with Crippen molar-refractivity contribution in [3.05, 3.63) is 64.1 Å². The highest BCUT2D eigenvalue weighted by Gasteiger charge is 2.16. The molecule has 2 aromatic rings.